The van der Waals surface area contributed by atoms with Gasteiger partial charge in [0, 0.05) is 17.4 Å². The number of phenols is 2. The maximum absolute atomic E-state index is 9.55. The van der Waals surface area contributed by atoms with Crippen LogP contribution in [0, 0.1) is 0 Å². The van der Waals surface area contributed by atoms with Crippen LogP contribution in [0.25, 0.3) is 22.2 Å². The van der Waals surface area contributed by atoms with Crippen molar-refractivity contribution in [3.63, 3.8) is 0 Å². The highest BCUT2D eigenvalue weighted by Gasteiger charge is 2.20. The van der Waals surface area contributed by atoms with E-state index >= 15 is 0 Å². The van der Waals surface area contributed by atoms with Crippen LogP contribution in [0.2, 0.25) is 0 Å². The van der Waals surface area contributed by atoms with Crippen LogP contribution in [0.5, 0.6) is 11.5 Å². The summed E-state index contributed by atoms with van der Waals surface area (Å²) >= 11 is 0. The first-order valence-electron chi connectivity index (χ1n) is 6.15. The molecule has 0 saturated heterocycles. The molecule has 1 heterocycles. The lowest BCUT2D eigenvalue weighted by atomic mass is 10.1. The molecule has 0 bridgehead atoms. The van der Waals surface area contributed by atoms with E-state index < -0.39 is 0 Å². The van der Waals surface area contributed by atoms with E-state index in [1.54, 1.807) is 24.3 Å². The van der Waals surface area contributed by atoms with Crippen molar-refractivity contribution in [1.82, 2.24) is 4.98 Å². The lowest BCUT2D eigenvalue weighted by molar-refractivity contribution is 0.474. The first-order chi connectivity index (χ1) is 9.20. The van der Waals surface area contributed by atoms with Gasteiger partial charge < -0.3 is 10.2 Å². The first-order valence-corrected chi connectivity index (χ1v) is 6.15. The Balaban J connectivity index is 2.00. The van der Waals surface area contributed by atoms with Crippen molar-refractivity contribution >= 4 is 10.9 Å². The molecule has 3 heteroatoms. The summed E-state index contributed by atoms with van der Waals surface area (Å²) in [6.07, 6.45) is 0.775. The van der Waals surface area contributed by atoms with Gasteiger partial charge in [0.15, 0.2) is 0 Å². The van der Waals surface area contributed by atoms with Crippen molar-refractivity contribution in [2.24, 2.45) is 0 Å². The molecular formula is C16H11NO2. The highest BCUT2D eigenvalue weighted by atomic mass is 16.3. The molecule has 1 aliphatic carbocycles. The van der Waals surface area contributed by atoms with E-state index in [1.807, 2.05) is 12.1 Å². The summed E-state index contributed by atoms with van der Waals surface area (Å²) in [4.78, 5) is 4.68. The zero-order valence-electron chi connectivity index (χ0n) is 10.1. The number of aromatic nitrogens is 1. The Morgan fingerprint density at radius 1 is 0.842 bits per heavy atom. The molecule has 0 saturated carbocycles. The second kappa shape index (κ2) is 3.48. The van der Waals surface area contributed by atoms with Gasteiger partial charge in [-0.15, -0.1) is 0 Å². The van der Waals surface area contributed by atoms with Crippen LogP contribution in [-0.4, -0.2) is 15.2 Å². The fourth-order valence-corrected chi connectivity index (χ4v) is 2.74. The zero-order chi connectivity index (χ0) is 13.0. The fraction of sp³-hybridized carbons (Fsp3) is 0.0625. The van der Waals surface area contributed by atoms with Crippen LogP contribution in [0.15, 0.2) is 42.5 Å². The minimum atomic E-state index is 0.252. The molecule has 0 radical (unpaired) electrons. The fourth-order valence-electron chi connectivity index (χ4n) is 2.74. The van der Waals surface area contributed by atoms with E-state index in [1.165, 1.54) is 0 Å². The second-order valence-corrected chi connectivity index (χ2v) is 4.89. The van der Waals surface area contributed by atoms with Gasteiger partial charge in [0.05, 0.1) is 11.2 Å². The monoisotopic (exact) mass is 249 g/mol. The quantitative estimate of drug-likeness (QED) is 0.503. The minimum Gasteiger partial charge on any atom is -0.508 e. The topological polar surface area (TPSA) is 53.4 Å². The molecule has 1 aliphatic rings. The molecule has 0 atom stereocenters. The number of pyridine rings is 1. The molecule has 2 N–H and O–H groups in total. The molecule has 92 valence electrons. The number of phenolic OH excluding ortho intramolecular Hbond substituents is 2. The molecule has 4 rings (SSSR count). The van der Waals surface area contributed by atoms with Crippen LogP contribution in [0.1, 0.15) is 11.1 Å². The Bertz CT molecular complexity index is 824. The third-order valence-electron chi connectivity index (χ3n) is 3.60. The number of nitrogens with zero attached hydrogens (tertiary/aromatic N) is 1. The van der Waals surface area contributed by atoms with E-state index in [9.17, 15) is 10.2 Å². The van der Waals surface area contributed by atoms with E-state index in [0.29, 0.717) is 0 Å². The molecule has 0 fully saturated rings. The van der Waals surface area contributed by atoms with Crippen molar-refractivity contribution in [3.05, 3.63) is 53.6 Å². The van der Waals surface area contributed by atoms with E-state index in [-0.39, 0.29) is 11.5 Å². The van der Waals surface area contributed by atoms with Crippen LogP contribution < -0.4 is 0 Å². The summed E-state index contributed by atoms with van der Waals surface area (Å²) in [5.41, 5.74) is 5.18. The van der Waals surface area contributed by atoms with Crippen molar-refractivity contribution in [2.75, 3.05) is 0 Å². The second-order valence-electron chi connectivity index (χ2n) is 4.89. The highest BCUT2D eigenvalue weighted by molar-refractivity contribution is 5.87. The Kier molecular flexibility index (Phi) is 1.90. The predicted octanol–water partition coefficient (Wildman–Crippen LogP) is 3.22. The predicted molar refractivity (Wildman–Crippen MR) is 73.3 cm³/mol. The number of hydrogen-bond donors (Lipinski definition) is 2. The minimum absolute atomic E-state index is 0.252. The Morgan fingerprint density at radius 2 is 1.63 bits per heavy atom. The van der Waals surface area contributed by atoms with Gasteiger partial charge in [-0.2, -0.15) is 0 Å². The maximum atomic E-state index is 9.55. The summed E-state index contributed by atoms with van der Waals surface area (Å²) < 4.78 is 0. The summed E-state index contributed by atoms with van der Waals surface area (Å²) in [6.45, 7) is 0. The van der Waals surface area contributed by atoms with Gasteiger partial charge in [0.1, 0.15) is 11.5 Å². The van der Waals surface area contributed by atoms with Crippen LogP contribution in [0.3, 0.4) is 0 Å². The van der Waals surface area contributed by atoms with Crippen molar-refractivity contribution in [2.45, 2.75) is 6.42 Å². The van der Waals surface area contributed by atoms with Gasteiger partial charge in [0.25, 0.3) is 0 Å². The van der Waals surface area contributed by atoms with Crippen LogP contribution >= 0.6 is 0 Å². The maximum Gasteiger partial charge on any atom is 0.116 e. The van der Waals surface area contributed by atoms with Gasteiger partial charge in [-0.1, -0.05) is 0 Å². The molecule has 0 aliphatic heterocycles. The van der Waals surface area contributed by atoms with Gasteiger partial charge in [-0.3, -0.25) is 0 Å². The third kappa shape index (κ3) is 1.48. The van der Waals surface area contributed by atoms with E-state index in [0.717, 1.165) is 39.7 Å². The molecule has 3 aromatic rings. The smallest absolute Gasteiger partial charge is 0.116 e. The standard InChI is InChI=1S/C16H11NO2/c18-12-1-3-14-9(7-12)5-11-6-10-8-13(19)2-4-15(10)17-16(11)14/h1-4,6-8,18-19H,5H2. The number of hydrogen-bond acceptors (Lipinski definition) is 3. The normalized spacial score (nSPS) is 12.4. The van der Waals surface area contributed by atoms with Crippen molar-refractivity contribution in [3.8, 4) is 22.8 Å². The lowest BCUT2D eigenvalue weighted by Crippen LogP contribution is -1.86. The van der Waals surface area contributed by atoms with Gasteiger partial charge in [0.2, 0.25) is 0 Å². The number of rotatable bonds is 0. The van der Waals surface area contributed by atoms with Gasteiger partial charge in [-0.25, -0.2) is 4.98 Å². The summed E-state index contributed by atoms with van der Waals surface area (Å²) in [7, 11) is 0. The van der Waals surface area contributed by atoms with E-state index in [2.05, 4.69) is 11.1 Å². The Labute approximate surface area is 109 Å². The first kappa shape index (κ1) is 10.4. The molecule has 19 heavy (non-hydrogen) atoms. The molecular weight excluding hydrogens is 238 g/mol. The zero-order valence-corrected chi connectivity index (χ0v) is 10.1. The SMILES string of the molecule is Oc1ccc2c(c1)Cc1cc3cc(O)ccc3nc1-2. The number of fused-ring (bicyclic) bond motifs is 4. The highest BCUT2D eigenvalue weighted by Crippen LogP contribution is 2.38. The Hall–Kier alpha value is -2.55. The number of aromatic hydroxyl groups is 2. The Morgan fingerprint density at radius 3 is 2.53 bits per heavy atom. The van der Waals surface area contributed by atoms with Crippen LogP contribution in [-0.2, 0) is 6.42 Å². The third-order valence-corrected chi connectivity index (χ3v) is 3.60. The molecule has 1 aromatic heterocycles. The largest absolute Gasteiger partial charge is 0.508 e. The lowest BCUT2D eigenvalue weighted by Gasteiger charge is -2.04. The summed E-state index contributed by atoms with van der Waals surface area (Å²) in [6, 6.07) is 12.7. The molecule has 3 nitrogen and oxygen atoms in total. The number of benzene rings is 2. The van der Waals surface area contributed by atoms with Crippen molar-refractivity contribution < 1.29 is 10.2 Å². The summed E-state index contributed by atoms with van der Waals surface area (Å²) in [5.74, 6) is 0.538. The molecule has 2 aromatic carbocycles. The van der Waals surface area contributed by atoms with E-state index in [4.69, 9.17) is 0 Å². The molecule has 0 amide bonds. The molecule has 0 spiro atoms. The van der Waals surface area contributed by atoms with Crippen LogP contribution in [0.4, 0.5) is 0 Å². The summed E-state index contributed by atoms with van der Waals surface area (Å²) in [5, 5.41) is 20.0. The molecule has 0 unspecified atom stereocenters. The average molecular weight is 249 g/mol. The average Bonchev–Trinajstić information content (AvgIpc) is 2.72. The van der Waals surface area contributed by atoms with Crippen molar-refractivity contribution in [1.29, 1.82) is 0 Å². The van der Waals surface area contributed by atoms with Gasteiger partial charge >= 0.3 is 0 Å². The van der Waals surface area contributed by atoms with Gasteiger partial charge in [-0.05, 0) is 53.6 Å².